The van der Waals surface area contributed by atoms with E-state index in [-0.39, 0.29) is 5.82 Å². The van der Waals surface area contributed by atoms with Crippen molar-refractivity contribution in [3.05, 3.63) is 40.7 Å². The number of benzene rings is 1. The molecule has 0 aliphatic rings. The van der Waals surface area contributed by atoms with E-state index in [4.69, 9.17) is 11.6 Å². The molecule has 16 heavy (non-hydrogen) atoms. The second-order valence-electron chi connectivity index (χ2n) is 3.19. The van der Waals surface area contributed by atoms with Gasteiger partial charge in [0, 0.05) is 5.56 Å². The Hall–Kier alpha value is -1.26. The number of carbonyl (C=O) groups is 1. The van der Waals surface area contributed by atoms with Crippen molar-refractivity contribution in [1.29, 1.82) is 0 Å². The van der Waals surface area contributed by atoms with E-state index in [1.54, 1.807) is 25.1 Å². The molecule has 2 rings (SSSR count). The number of halogens is 2. The Morgan fingerprint density at radius 1 is 1.44 bits per heavy atom. The zero-order valence-corrected chi connectivity index (χ0v) is 9.90. The summed E-state index contributed by atoms with van der Waals surface area (Å²) in [5, 5.41) is -0.0859. The van der Waals surface area contributed by atoms with Gasteiger partial charge in [-0.2, -0.15) is 0 Å². The highest BCUT2D eigenvalue weighted by Crippen LogP contribution is 2.30. The van der Waals surface area contributed by atoms with E-state index in [2.05, 4.69) is 4.98 Å². The highest BCUT2D eigenvalue weighted by Gasteiger charge is 2.15. The van der Waals surface area contributed by atoms with Crippen LogP contribution in [0.15, 0.2) is 24.3 Å². The Morgan fingerprint density at radius 3 is 2.69 bits per heavy atom. The molecule has 0 atom stereocenters. The summed E-state index contributed by atoms with van der Waals surface area (Å²) in [5.74, 6) is -0.357. The fourth-order valence-electron chi connectivity index (χ4n) is 1.33. The lowest BCUT2D eigenvalue weighted by atomic mass is 10.2. The van der Waals surface area contributed by atoms with Gasteiger partial charge in [-0.15, -0.1) is 11.3 Å². The number of thiazole rings is 1. The summed E-state index contributed by atoms with van der Waals surface area (Å²) in [5.41, 5.74) is 0.919. The Bertz CT molecular complexity index is 553. The predicted molar refractivity (Wildman–Crippen MR) is 62.4 cm³/mol. The molecular formula is C11H7ClFNOS. The van der Waals surface area contributed by atoms with E-state index >= 15 is 0 Å². The highest BCUT2D eigenvalue weighted by molar-refractivity contribution is 7.18. The fraction of sp³-hybridized carbons (Fsp3) is 0.0909. The van der Waals surface area contributed by atoms with Crippen molar-refractivity contribution in [3.8, 4) is 10.6 Å². The van der Waals surface area contributed by atoms with Crippen molar-refractivity contribution < 1.29 is 9.18 Å². The molecule has 0 aliphatic heterocycles. The summed E-state index contributed by atoms with van der Waals surface area (Å²) < 4.78 is 13.5. The third-order valence-electron chi connectivity index (χ3n) is 2.08. The minimum absolute atomic E-state index is 0.357. The van der Waals surface area contributed by atoms with Gasteiger partial charge in [0.05, 0.1) is 5.69 Å². The lowest BCUT2D eigenvalue weighted by molar-refractivity contribution is 0.108. The molecule has 0 fully saturated rings. The first-order valence-corrected chi connectivity index (χ1v) is 5.71. The van der Waals surface area contributed by atoms with Crippen molar-refractivity contribution in [1.82, 2.24) is 4.98 Å². The van der Waals surface area contributed by atoms with E-state index in [1.807, 2.05) is 0 Å². The number of hydrogen-bond donors (Lipinski definition) is 0. The van der Waals surface area contributed by atoms with Crippen LogP contribution in [0.4, 0.5) is 4.39 Å². The molecular weight excluding hydrogens is 249 g/mol. The molecule has 0 amide bonds. The fourth-order valence-corrected chi connectivity index (χ4v) is 2.51. The summed E-state index contributed by atoms with van der Waals surface area (Å²) >= 11 is 6.49. The zero-order chi connectivity index (χ0) is 11.7. The minimum Gasteiger partial charge on any atom is -0.275 e. The Labute approximate surface area is 101 Å². The largest absolute Gasteiger partial charge is 0.275 e. The molecule has 1 aromatic carbocycles. The average Bonchev–Trinajstić information content (AvgIpc) is 2.61. The Balaban J connectivity index is 2.54. The maximum absolute atomic E-state index is 13.5. The van der Waals surface area contributed by atoms with Crippen LogP contribution in [0, 0.1) is 12.7 Å². The van der Waals surface area contributed by atoms with Crippen LogP contribution in [0.25, 0.3) is 10.6 Å². The summed E-state index contributed by atoms with van der Waals surface area (Å²) in [7, 11) is 0. The quantitative estimate of drug-likeness (QED) is 0.767. The topological polar surface area (TPSA) is 30.0 Å². The first kappa shape index (κ1) is 11.2. The second kappa shape index (κ2) is 4.31. The molecule has 5 heteroatoms. The molecule has 82 valence electrons. The molecule has 0 saturated carbocycles. The van der Waals surface area contributed by atoms with Crippen molar-refractivity contribution in [3.63, 3.8) is 0 Å². The smallest absolute Gasteiger partial charge is 0.264 e. The first-order chi connectivity index (χ1) is 7.59. The Morgan fingerprint density at radius 2 is 2.12 bits per heavy atom. The van der Waals surface area contributed by atoms with Crippen LogP contribution in [0.1, 0.15) is 15.4 Å². The molecule has 0 aliphatic carbocycles. The molecule has 0 spiro atoms. The van der Waals surface area contributed by atoms with Gasteiger partial charge in [-0.05, 0) is 30.7 Å². The number of hydrogen-bond acceptors (Lipinski definition) is 3. The van der Waals surface area contributed by atoms with Crippen LogP contribution in [0.2, 0.25) is 0 Å². The number of rotatable bonds is 2. The summed E-state index contributed by atoms with van der Waals surface area (Å²) in [4.78, 5) is 15.5. The third kappa shape index (κ3) is 1.99. The molecule has 0 unspecified atom stereocenters. The zero-order valence-electron chi connectivity index (χ0n) is 8.33. The maximum Gasteiger partial charge on any atom is 0.264 e. The first-order valence-electron chi connectivity index (χ1n) is 4.51. The summed E-state index contributed by atoms with van der Waals surface area (Å²) in [6.45, 7) is 1.68. The molecule has 2 nitrogen and oxygen atoms in total. The standard InChI is InChI=1S/C11H7ClFNOS/c1-6-9(10(12)15)16-11(14-6)7-4-2-3-5-8(7)13/h2-5H,1H3. The monoisotopic (exact) mass is 255 g/mol. The second-order valence-corrected chi connectivity index (χ2v) is 4.53. The molecule has 0 saturated heterocycles. The van der Waals surface area contributed by atoms with Gasteiger partial charge in [0.25, 0.3) is 5.24 Å². The molecule has 2 aromatic rings. The van der Waals surface area contributed by atoms with Gasteiger partial charge in [0.2, 0.25) is 0 Å². The van der Waals surface area contributed by atoms with Crippen molar-refractivity contribution in [2.24, 2.45) is 0 Å². The van der Waals surface area contributed by atoms with E-state index in [0.717, 1.165) is 11.3 Å². The molecule has 0 bridgehead atoms. The van der Waals surface area contributed by atoms with E-state index in [9.17, 15) is 9.18 Å². The number of aromatic nitrogens is 1. The van der Waals surface area contributed by atoms with Crippen molar-refractivity contribution >= 4 is 28.2 Å². The average molecular weight is 256 g/mol. The van der Waals surface area contributed by atoms with Gasteiger partial charge in [-0.25, -0.2) is 9.37 Å². The van der Waals surface area contributed by atoms with Crippen LogP contribution >= 0.6 is 22.9 Å². The van der Waals surface area contributed by atoms with Gasteiger partial charge in [-0.1, -0.05) is 12.1 Å². The van der Waals surface area contributed by atoms with Gasteiger partial charge in [-0.3, -0.25) is 4.79 Å². The number of carbonyl (C=O) groups excluding carboxylic acids is 1. The predicted octanol–water partition coefficient (Wildman–Crippen LogP) is 3.64. The van der Waals surface area contributed by atoms with Gasteiger partial charge in [0.15, 0.2) is 0 Å². The number of aryl methyl sites for hydroxylation is 1. The molecule has 1 aromatic heterocycles. The van der Waals surface area contributed by atoms with Crippen molar-refractivity contribution in [2.45, 2.75) is 6.92 Å². The van der Waals surface area contributed by atoms with E-state index < -0.39 is 5.24 Å². The molecule has 1 heterocycles. The lowest BCUT2D eigenvalue weighted by Gasteiger charge is -1.96. The van der Waals surface area contributed by atoms with Crippen LogP contribution in [0.5, 0.6) is 0 Å². The summed E-state index contributed by atoms with van der Waals surface area (Å²) in [6, 6.07) is 6.30. The highest BCUT2D eigenvalue weighted by atomic mass is 35.5. The van der Waals surface area contributed by atoms with E-state index in [1.165, 1.54) is 6.07 Å². The lowest BCUT2D eigenvalue weighted by Crippen LogP contribution is -1.86. The van der Waals surface area contributed by atoms with Crippen LogP contribution in [-0.4, -0.2) is 10.2 Å². The normalized spacial score (nSPS) is 10.4. The van der Waals surface area contributed by atoms with E-state index in [0.29, 0.717) is 21.1 Å². The van der Waals surface area contributed by atoms with Crippen LogP contribution < -0.4 is 0 Å². The molecule has 0 N–H and O–H groups in total. The Kier molecular flexibility index (Phi) is 3.03. The van der Waals surface area contributed by atoms with Crippen LogP contribution in [0.3, 0.4) is 0 Å². The summed E-state index contributed by atoms with van der Waals surface area (Å²) in [6.07, 6.45) is 0. The minimum atomic E-state index is -0.558. The van der Waals surface area contributed by atoms with Crippen molar-refractivity contribution in [2.75, 3.05) is 0 Å². The van der Waals surface area contributed by atoms with Gasteiger partial charge in [0.1, 0.15) is 15.7 Å². The van der Waals surface area contributed by atoms with Gasteiger partial charge >= 0.3 is 0 Å². The molecule has 0 radical (unpaired) electrons. The maximum atomic E-state index is 13.5. The van der Waals surface area contributed by atoms with Crippen LogP contribution in [-0.2, 0) is 0 Å². The third-order valence-corrected chi connectivity index (χ3v) is 3.57. The number of nitrogens with zero attached hydrogens (tertiary/aromatic N) is 1. The van der Waals surface area contributed by atoms with Gasteiger partial charge < -0.3 is 0 Å². The SMILES string of the molecule is Cc1nc(-c2ccccc2F)sc1C(=O)Cl.